The molecule has 0 atom stereocenters. The molecule has 0 radical (unpaired) electrons. The van der Waals surface area contributed by atoms with Crippen LogP contribution in [0.15, 0.2) is 0 Å². The van der Waals surface area contributed by atoms with E-state index in [4.69, 9.17) is 0 Å². The Kier molecular flexibility index (Phi) is 1.46. The van der Waals surface area contributed by atoms with Crippen LogP contribution in [0, 0.1) is 0 Å². The van der Waals surface area contributed by atoms with E-state index in [1.807, 2.05) is 6.92 Å². The van der Waals surface area contributed by atoms with E-state index in [1.54, 1.807) is 0 Å². The van der Waals surface area contributed by atoms with Crippen molar-refractivity contribution in [2.24, 2.45) is 0 Å². The van der Waals surface area contributed by atoms with Crippen molar-refractivity contribution in [1.82, 2.24) is 25.0 Å². The Morgan fingerprint density at radius 3 is 3.00 bits per heavy atom. The third-order valence-electron chi connectivity index (χ3n) is 1.38. The van der Waals surface area contributed by atoms with Gasteiger partial charge in [0.25, 0.3) is 0 Å². The third-order valence-corrected chi connectivity index (χ3v) is 1.99. The molecule has 0 N–H and O–H groups in total. The second-order valence-electron chi connectivity index (χ2n) is 2.02. The summed E-state index contributed by atoms with van der Waals surface area (Å²) >= 11 is 1.22. The Balaban J connectivity index is 2.66. The van der Waals surface area contributed by atoms with Gasteiger partial charge in [-0.1, -0.05) is 11.4 Å². The van der Waals surface area contributed by atoms with E-state index < -0.39 is 0 Å². The number of hydrogen-bond donors (Lipinski definition) is 0. The van der Waals surface area contributed by atoms with Crippen LogP contribution in [-0.2, 0) is 6.42 Å². The summed E-state index contributed by atoms with van der Waals surface area (Å²) in [6.07, 6.45) is 0.817. The van der Waals surface area contributed by atoms with Gasteiger partial charge in [-0.15, -0.1) is 15.3 Å². The van der Waals surface area contributed by atoms with Gasteiger partial charge < -0.3 is 0 Å². The van der Waals surface area contributed by atoms with Crippen LogP contribution in [0.25, 0.3) is 10.7 Å². The summed E-state index contributed by atoms with van der Waals surface area (Å²) in [7, 11) is 0. The molecule has 2 aliphatic rings. The molecule has 0 unspecified atom stereocenters. The lowest BCUT2D eigenvalue weighted by atomic mass is 10.3. The van der Waals surface area contributed by atoms with Gasteiger partial charge in [0.05, 0.1) is 5.69 Å². The van der Waals surface area contributed by atoms with Crippen LogP contribution in [-0.4, -0.2) is 25.0 Å². The summed E-state index contributed by atoms with van der Waals surface area (Å²) in [4.78, 5) is 0. The molecule has 0 spiro atoms. The van der Waals surface area contributed by atoms with Crippen molar-refractivity contribution >= 4 is 11.5 Å². The normalized spacial score (nSPS) is 10.6. The average Bonchev–Trinajstić information content (AvgIpc) is 2.50. The van der Waals surface area contributed by atoms with E-state index >= 15 is 0 Å². The van der Waals surface area contributed by atoms with Gasteiger partial charge in [-0.05, 0) is 11.6 Å². The monoisotopic (exact) mass is 167 g/mol. The van der Waals surface area contributed by atoms with Gasteiger partial charge in [0.15, 0.2) is 10.7 Å². The van der Waals surface area contributed by atoms with Gasteiger partial charge in [0, 0.05) is 11.5 Å². The van der Waals surface area contributed by atoms with Gasteiger partial charge >= 0.3 is 0 Å². The third kappa shape index (κ3) is 0.949. The Morgan fingerprint density at radius 2 is 2.18 bits per heavy atom. The van der Waals surface area contributed by atoms with Gasteiger partial charge in [0.1, 0.15) is 0 Å². The minimum absolute atomic E-state index is 0.761. The zero-order valence-corrected chi connectivity index (χ0v) is 6.67. The van der Waals surface area contributed by atoms with E-state index in [9.17, 15) is 0 Å². The molecular formula is C5H5N5S. The highest BCUT2D eigenvalue weighted by atomic mass is 32.1. The molecule has 0 aromatic carbocycles. The Hall–Kier alpha value is -1.17. The summed E-state index contributed by atoms with van der Waals surface area (Å²) in [5.74, 6) is 0. The Morgan fingerprint density at radius 1 is 1.27 bits per heavy atom. The average molecular weight is 167 g/mol. The van der Waals surface area contributed by atoms with Gasteiger partial charge in [-0.25, -0.2) is 0 Å². The first-order valence-electron chi connectivity index (χ1n) is 3.22. The van der Waals surface area contributed by atoms with E-state index in [1.165, 1.54) is 11.5 Å². The molecular weight excluding hydrogens is 162 g/mol. The van der Waals surface area contributed by atoms with Crippen LogP contribution in [0.4, 0.5) is 0 Å². The maximum atomic E-state index is 3.92. The molecule has 2 heterocycles. The first-order valence-corrected chi connectivity index (χ1v) is 3.99. The summed E-state index contributed by atoms with van der Waals surface area (Å²) in [5, 5.41) is 15.8. The highest BCUT2D eigenvalue weighted by Gasteiger charge is 2.13. The molecule has 6 heteroatoms. The highest BCUT2D eigenvalue weighted by Crippen LogP contribution is 2.20. The largest absolute Gasteiger partial charge is 0.190 e. The predicted octanol–water partition coefficient (Wildman–Crippen LogP) is 0.390. The molecule has 2 rings (SSSR count). The predicted molar refractivity (Wildman–Crippen MR) is 39.3 cm³/mol. The van der Waals surface area contributed by atoms with Crippen molar-refractivity contribution < 1.29 is 0 Å². The van der Waals surface area contributed by atoms with Crippen molar-refractivity contribution in [3.63, 3.8) is 0 Å². The fourth-order valence-corrected chi connectivity index (χ4v) is 1.37. The lowest BCUT2D eigenvalue weighted by Gasteiger charge is -1.94. The van der Waals surface area contributed by atoms with Crippen LogP contribution in [0.1, 0.15) is 12.6 Å². The van der Waals surface area contributed by atoms with Crippen molar-refractivity contribution in [3.05, 3.63) is 5.69 Å². The topological polar surface area (TPSA) is 64.5 Å². The molecule has 56 valence electrons. The van der Waals surface area contributed by atoms with Crippen LogP contribution in [0.2, 0.25) is 0 Å². The van der Waals surface area contributed by atoms with E-state index in [-0.39, 0.29) is 0 Å². The molecule has 0 amide bonds. The van der Waals surface area contributed by atoms with Crippen LogP contribution in [0.3, 0.4) is 0 Å². The van der Waals surface area contributed by atoms with E-state index in [0.717, 1.165) is 22.8 Å². The lowest BCUT2D eigenvalue weighted by Crippen LogP contribution is -1.93. The number of rotatable bonds is 1. The summed E-state index contributed by atoms with van der Waals surface area (Å²) in [6.45, 7) is 2.00. The first-order chi connectivity index (χ1) is 5.42. The van der Waals surface area contributed by atoms with Crippen LogP contribution >= 0.6 is 11.5 Å². The molecule has 5 nitrogen and oxygen atoms in total. The number of hydrogen-bond acceptors (Lipinski definition) is 6. The first kappa shape index (κ1) is 6.53. The van der Waals surface area contributed by atoms with Crippen molar-refractivity contribution in [2.75, 3.05) is 0 Å². The van der Waals surface area contributed by atoms with Gasteiger partial charge in [-0.2, -0.15) is 0 Å². The quantitative estimate of drug-likeness (QED) is 0.614. The smallest absolute Gasteiger partial charge is 0.142 e. The second kappa shape index (κ2) is 2.46. The fourth-order valence-electron chi connectivity index (χ4n) is 0.834. The van der Waals surface area contributed by atoms with Crippen molar-refractivity contribution in [2.45, 2.75) is 13.3 Å². The number of fused-ring (bicyclic) bond motifs is 1. The summed E-state index contributed by atoms with van der Waals surface area (Å²) in [5.41, 5.74) is 1.65. The molecule has 0 fully saturated rings. The standard InChI is InChI=1S/C5H5N5S/c1-2-3-4-5(8-9-7-4)11-10-6-3/h2H2,1H3. The lowest BCUT2D eigenvalue weighted by molar-refractivity contribution is 0.930. The minimum Gasteiger partial charge on any atom is -0.142 e. The molecule has 0 saturated heterocycles. The highest BCUT2D eigenvalue weighted by molar-refractivity contribution is 7.08. The Bertz CT molecular complexity index is 332. The molecule has 0 aromatic heterocycles. The van der Waals surface area contributed by atoms with Crippen LogP contribution in [0.5, 0.6) is 0 Å². The molecule has 0 bridgehead atoms. The van der Waals surface area contributed by atoms with Crippen molar-refractivity contribution in [1.29, 1.82) is 0 Å². The number of aryl methyl sites for hydroxylation is 1. The molecule has 2 aliphatic heterocycles. The van der Waals surface area contributed by atoms with Gasteiger partial charge in [0.2, 0.25) is 0 Å². The number of aromatic nitrogens is 5. The van der Waals surface area contributed by atoms with Crippen molar-refractivity contribution in [3.8, 4) is 10.7 Å². The zero-order valence-electron chi connectivity index (χ0n) is 5.85. The summed E-state index contributed by atoms with van der Waals surface area (Å²) < 4.78 is 3.81. The maximum absolute atomic E-state index is 3.92. The van der Waals surface area contributed by atoms with Gasteiger partial charge in [-0.3, -0.25) is 0 Å². The van der Waals surface area contributed by atoms with E-state index in [2.05, 4.69) is 25.0 Å². The SMILES string of the molecule is CCc1nnsc2nnnc1-2. The molecule has 0 saturated carbocycles. The molecule has 0 aliphatic carbocycles. The molecule has 11 heavy (non-hydrogen) atoms. The van der Waals surface area contributed by atoms with E-state index in [0.29, 0.717) is 0 Å². The minimum atomic E-state index is 0.761. The Labute approximate surface area is 67.0 Å². The second-order valence-corrected chi connectivity index (χ2v) is 2.75. The number of nitrogens with zero attached hydrogens (tertiary/aromatic N) is 5. The maximum Gasteiger partial charge on any atom is 0.190 e. The fraction of sp³-hybridized carbons (Fsp3) is 0.400. The molecule has 0 aromatic rings. The summed E-state index contributed by atoms with van der Waals surface area (Å²) in [6, 6.07) is 0. The zero-order chi connectivity index (χ0) is 7.68. The van der Waals surface area contributed by atoms with Crippen LogP contribution < -0.4 is 0 Å².